The molecule has 14 heavy (non-hydrogen) atoms. The van der Waals surface area contributed by atoms with E-state index < -0.39 is 0 Å². The van der Waals surface area contributed by atoms with Crippen molar-refractivity contribution in [2.75, 3.05) is 0 Å². The Balaban J connectivity index is 2.36. The van der Waals surface area contributed by atoms with Crippen LogP contribution in [0.3, 0.4) is 0 Å². The molecule has 0 bridgehead atoms. The second-order valence-corrected chi connectivity index (χ2v) is 4.06. The molecule has 0 nitrogen and oxygen atoms in total. The van der Waals surface area contributed by atoms with Crippen molar-refractivity contribution >= 4 is 23.3 Å². The zero-order valence-corrected chi connectivity index (χ0v) is 8.33. The molecule has 1 aromatic carbocycles. The summed E-state index contributed by atoms with van der Waals surface area (Å²) in [6.45, 7) is 0. The first-order valence-electron chi connectivity index (χ1n) is 4.71. The van der Waals surface area contributed by atoms with Crippen LogP contribution in [-0.4, -0.2) is 0 Å². The maximum atomic E-state index is 5.97. The van der Waals surface area contributed by atoms with E-state index in [1.165, 1.54) is 16.0 Å². The highest BCUT2D eigenvalue weighted by Gasteiger charge is 2.16. The fourth-order valence-electron chi connectivity index (χ4n) is 2.10. The number of rotatable bonds is 0. The van der Waals surface area contributed by atoms with Crippen LogP contribution in [0.25, 0.3) is 11.6 Å². The Labute approximate surface area is 87.5 Å². The molecule has 0 N–H and O–H groups in total. The molecule has 0 aliphatic heterocycles. The molecular weight excluding hydrogens is 192 g/mol. The Morgan fingerprint density at radius 1 is 1.00 bits per heavy atom. The number of halogens is 1. The quantitative estimate of drug-likeness (QED) is 0.601. The van der Waals surface area contributed by atoms with Gasteiger partial charge in [0, 0.05) is 11.0 Å². The van der Waals surface area contributed by atoms with Crippen LogP contribution in [0.5, 0.6) is 0 Å². The van der Waals surface area contributed by atoms with E-state index in [4.69, 9.17) is 11.6 Å². The van der Waals surface area contributed by atoms with E-state index in [0.29, 0.717) is 5.92 Å². The lowest BCUT2D eigenvalue weighted by molar-refractivity contribution is 1.17. The van der Waals surface area contributed by atoms with Crippen molar-refractivity contribution in [3.8, 4) is 0 Å². The van der Waals surface area contributed by atoms with Gasteiger partial charge in [-0.05, 0) is 22.1 Å². The van der Waals surface area contributed by atoms with Crippen LogP contribution in [0.4, 0.5) is 0 Å². The van der Waals surface area contributed by atoms with Gasteiger partial charge in [0.15, 0.2) is 0 Å². The van der Waals surface area contributed by atoms with Crippen LogP contribution in [0.2, 0.25) is 0 Å². The van der Waals surface area contributed by atoms with E-state index in [2.05, 4.69) is 42.5 Å². The van der Waals surface area contributed by atoms with Crippen molar-refractivity contribution in [2.45, 2.75) is 0 Å². The molecule has 0 spiro atoms. The first-order chi connectivity index (χ1) is 6.84. The smallest absolute Gasteiger partial charge is 0.0375 e. The summed E-state index contributed by atoms with van der Waals surface area (Å²) in [5, 5.41) is 3.50. The summed E-state index contributed by atoms with van der Waals surface area (Å²) in [5.41, 5.74) is 1.37. The molecule has 0 heterocycles. The van der Waals surface area contributed by atoms with Gasteiger partial charge in [0.05, 0.1) is 0 Å². The number of fused-ring (bicyclic) bond motifs is 2. The van der Waals surface area contributed by atoms with Gasteiger partial charge in [-0.25, -0.2) is 0 Å². The minimum atomic E-state index is 0.380. The van der Waals surface area contributed by atoms with Gasteiger partial charge in [-0.15, -0.1) is 0 Å². The molecule has 0 amide bonds. The van der Waals surface area contributed by atoms with Crippen LogP contribution in [0.15, 0.2) is 47.5 Å². The summed E-state index contributed by atoms with van der Waals surface area (Å²) in [6.07, 6.45) is 8.44. The van der Waals surface area contributed by atoms with Crippen LogP contribution in [0.1, 0.15) is 0 Å². The van der Waals surface area contributed by atoms with Crippen molar-refractivity contribution in [3.63, 3.8) is 0 Å². The zero-order chi connectivity index (χ0) is 9.54. The summed E-state index contributed by atoms with van der Waals surface area (Å²) >= 11 is 5.97. The SMILES string of the molecule is ClC1=C[C@H]2C=c3ccccc3=C2C=C1. The van der Waals surface area contributed by atoms with Crippen molar-refractivity contribution in [1.82, 2.24) is 0 Å². The zero-order valence-electron chi connectivity index (χ0n) is 7.57. The lowest BCUT2D eigenvalue weighted by atomic mass is 9.97. The molecule has 0 unspecified atom stereocenters. The Morgan fingerprint density at radius 3 is 2.79 bits per heavy atom. The molecule has 1 atom stereocenters. The monoisotopic (exact) mass is 200 g/mol. The summed E-state index contributed by atoms with van der Waals surface area (Å²) in [6, 6.07) is 8.47. The molecule has 0 saturated heterocycles. The standard InChI is InChI=1S/C13H9Cl/c14-11-5-6-13-10(8-11)7-9-3-1-2-4-12(9)13/h1-8,10H/t10-/m1/s1. The highest BCUT2D eigenvalue weighted by atomic mass is 35.5. The third kappa shape index (κ3) is 1.08. The molecule has 2 aliphatic carbocycles. The first kappa shape index (κ1) is 8.07. The van der Waals surface area contributed by atoms with Crippen molar-refractivity contribution in [2.24, 2.45) is 5.92 Å². The number of hydrogen-bond donors (Lipinski definition) is 0. The topological polar surface area (TPSA) is 0 Å². The molecule has 1 aromatic rings. The molecule has 3 rings (SSSR count). The fraction of sp³-hybridized carbons (Fsp3) is 0.0769. The number of benzene rings is 1. The first-order valence-corrected chi connectivity index (χ1v) is 5.09. The van der Waals surface area contributed by atoms with Crippen LogP contribution < -0.4 is 10.4 Å². The Morgan fingerprint density at radius 2 is 1.86 bits per heavy atom. The fourth-order valence-corrected chi connectivity index (χ4v) is 2.30. The van der Waals surface area contributed by atoms with E-state index in [9.17, 15) is 0 Å². The highest BCUT2D eigenvalue weighted by molar-refractivity contribution is 6.31. The van der Waals surface area contributed by atoms with Crippen molar-refractivity contribution in [1.29, 1.82) is 0 Å². The van der Waals surface area contributed by atoms with E-state index in [-0.39, 0.29) is 0 Å². The van der Waals surface area contributed by atoms with E-state index >= 15 is 0 Å². The number of hydrogen-bond acceptors (Lipinski definition) is 0. The predicted molar refractivity (Wildman–Crippen MR) is 60.1 cm³/mol. The summed E-state index contributed by atoms with van der Waals surface area (Å²) in [5.74, 6) is 0.380. The Hall–Kier alpha value is -1.27. The van der Waals surface area contributed by atoms with E-state index in [0.717, 1.165) is 5.03 Å². The lowest BCUT2D eigenvalue weighted by Crippen LogP contribution is -2.21. The number of allylic oxidation sites excluding steroid dienone is 4. The van der Waals surface area contributed by atoms with Crippen molar-refractivity contribution < 1.29 is 0 Å². The largest absolute Gasteiger partial charge is 0.0847 e. The van der Waals surface area contributed by atoms with Gasteiger partial charge in [-0.3, -0.25) is 0 Å². The average Bonchev–Trinajstić information content (AvgIpc) is 2.54. The predicted octanol–water partition coefficient (Wildman–Crippen LogP) is 1.94. The molecular formula is C13H9Cl. The van der Waals surface area contributed by atoms with Gasteiger partial charge in [0.25, 0.3) is 0 Å². The molecule has 0 radical (unpaired) electrons. The lowest BCUT2D eigenvalue weighted by Gasteiger charge is -2.10. The van der Waals surface area contributed by atoms with E-state index in [1.54, 1.807) is 0 Å². The third-order valence-electron chi connectivity index (χ3n) is 2.75. The van der Waals surface area contributed by atoms with Gasteiger partial charge in [0.2, 0.25) is 0 Å². The maximum absolute atomic E-state index is 5.97. The van der Waals surface area contributed by atoms with Gasteiger partial charge in [-0.2, -0.15) is 0 Å². The normalized spacial score (nSPS) is 22.5. The van der Waals surface area contributed by atoms with Gasteiger partial charge >= 0.3 is 0 Å². The maximum Gasteiger partial charge on any atom is 0.0375 e. The highest BCUT2D eigenvalue weighted by Crippen LogP contribution is 2.26. The van der Waals surface area contributed by atoms with Crippen LogP contribution >= 0.6 is 11.6 Å². The molecule has 0 aromatic heterocycles. The second-order valence-electron chi connectivity index (χ2n) is 3.62. The molecule has 1 heteroatoms. The van der Waals surface area contributed by atoms with Gasteiger partial charge in [-0.1, -0.05) is 54.1 Å². The van der Waals surface area contributed by atoms with Crippen molar-refractivity contribution in [3.05, 3.63) is 58.0 Å². The minimum Gasteiger partial charge on any atom is -0.0847 e. The third-order valence-corrected chi connectivity index (χ3v) is 3.00. The molecule has 2 aliphatic rings. The van der Waals surface area contributed by atoms with E-state index in [1.807, 2.05) is 6.08 Å². The molecule has 68 valence electrons. The Bertz CT molecular complexity index is 561. The minimum absolute atomic E-state index is 0.380. The molecule has 0 saturated carbocycles. The summed E-state index contributed by atoms with van der Waals surface area (Å²) < 4.78 is 0. The van der Waals surface area contributed by atoms with Crippen LogP contribution in [-0.2, 0) is 0 Å². The van der Waals surface area contributed by atoms with Crippen LogP contribution in [0, 0.1) is 5.92 Å². The average molecular weight is 201 g/mol. The molecule has 0 fully saturated rings. The Kier molecular flexibility index (Phi) is 1.65. The van der Waals surface area contributed by atoms with Gasteiger partial charge < -0.3 is 0 Å². The summed E-state index contributed by atoms with van der Waals surface area (Å²) in [7, 11) is 0. The summed E-state index contributed by atoms with van der Waals surface area (Å²) in [4.78, 5) is 0. The van der Waals surface area contributed by atoms with Gasteiger partial charge in [0.1, 0.15) is 0 Å². The second kappa shape index (κ2) is 2.86.